The molecule has 3 fully saturated rings. The molecule has 2 aliphatic carbocycles. The molecule has 7 nitrogen and oxygen atoms in total. The highest BCUT2D eigenvalue weighted by Gasteiger charge is 2.70. The van der Waals surface area contributed by atoms with Gasteiger partial charge < -0.3 is 9.47 Å². The van der Waals surface area contributed by atoms with Crippen LogP contribution in [0, 0.1) is 11.8 Å². The fraction of sp³-hybridized carbons (Fsp3) is 0.867. The standard InChI is InChI=1S/C15H20F2O7S/c1-14(16,17)13(19)22-5-3-2-4-12(18)23-15-8-9-6-10(15)11(7-9)25(20,21)24-15/h9-11H,2-8H2,1H3. The first-order chi connectivity index (χ1) is 11.5. The monoisotopic (exact) mass is 382 g/mol. The van der Waals surface area contributed by atoms with Crippen LogP contribution in [0.1, 0.15) is 45.4 Å². The van der Waals surface area contributed by atoms with Crippen LogP contribution >= 0.6 is 0 Å². The van der Waals surface area contributed by atoms with Gasteiger partial charge in [0.25, 0.3) is 10.1 Å². The van der Waals surface area contributed by atoms with Crippen LogP contribution in [0.3, 0.4) is 0 Å². The number of carbonyl (C=O) groups excluding carboxylic acids is 2. The van der Waals surface area contributed by atoms with Crippen LogP contribution in [-0.4, -0.2) is 43.9 Å². The first-order valence-corrected chi connectivity index (χ1v) is 9.72. The Kier molecular flexibility index (Phi) is 4.55. The number of alkyl halides is 2. The number of hydrogen-bond acceptors (Lipinski definition) is 7. The van der Waals surface area contributed by atoms with E-state index in [9.17, 15) is 26.8 Å². The molecule has 0 N–H and O–H groups in total. The minimum Gasteiger partial charge on any atom is -0.461 e. The summed E-state index contributed by atoms with van der Waals surface area (Å²) in [5, 5.41) is -0.589. The Morgan fingerprint density at radius 2 is 2.00 bits per heavy atom. The normalized spacial score (nSPS) is 34.9. The zero-order valence-corrected chi connectivity index (χ0v) is 14.5. The Morgan fingerprint density at radius 3 is 2.64 bits per heavy atom. The number of unbranched alkanes of at least 4 members (excludes halogenated alkanes) is 1. The summed E-state index contributed by atoms with van der Waals surface area (Å²) >= 11 is 0. The van der Waals surface area contributed by atoms with Crippen molar-refractivity contribution in [3.63, 3.8) is 0 Å². The summed E-state index contributed by atoms with van der Waals surface area (Å²) in [6.07, 6.45) is 2.08. The minimum atomic E-state index is -3.69. The molecule has 10 heteroatoms. The van der Waals surface area contributed by atoms with E-state index in [4.69, 9.17) is 8.92 Å². The molecule has 1 saturated heterocycles. The largest absolute Gasteiger partial charge is 0.461 e. The van der Waals surface area contributed by atoms with Crippen molar-refractivity contribution in [3.05, 3.63) is 0 Å². The Morgan fingerprint density at radius 1 is 1.28 bits per heavy atom. The molecule has 4 atom stereocenters. The summed E-state index contributed by atoms with van der Waals surface area (Å²) in [6, 6.07) is 0. The second-order valence-corrected chi connectivity index (χ2v) is 8.79. The molecule has 2 saturated carbocycles. The van der Waals surface area contributed by atoms with Gasteiger partial charge in [-0.15, -0.1) is 0 Å². The third-order valence-corrected chi connectivity index (χ3v) is 6.80. The highest BCUT2D eigenvalue weighted by molar-refractivity contribution is 7.87. The number of rotatable bonds is 7. The lowest BCUT2D eigenvalue weighted by Crippen LogP contribution is -2.40. The first kappa shape index (κ1) is 18.5. The number of hydrogen-bond donors (Lipinski definition) is 0. The van der Waals surface area contributed by atoms with Crippen LogP contribution < -0.4 is 0 Å². The molecule has 0 aromatic heterocycles. The summed E-state index contributed by atoms with van der Waals surface area (Å²) in [5.74, 6) is -7.22. The molecule has 1 aliphatic heterocycles. The number of ether oxygens (including phenoxy) is 2. The lowest BCUT2D eigenvalue weighted by molar-refractivity contribution is -0.204. The zero-order chi connectivity index (χ0) is 18.5. The third-order valence-electron chi connectivity index (χ3n) is 5.02. The molecule has 2 bridgehead atoms. The number of esters is 2. The maximum Gasteiger partial charge on any atom is 0.376 e. The molecular weight excluding hydrogens is 362 g/mol. The van der Waals surface area contributed by atoms with Crippen molar-refractivity contribution < 1.29 is 40.4 Å². The summed E-state index contributed by atoms with van der Waals surface area (Å²) in [7, 11) is -3.69. The van der Waals surface area contributed by atoms with Crippen molar-refractivity contribution in [1.82, 2.24) is 0 Å². The van der Waals surface area contributed by atoms with Crippen LogP contribution in [0.25, 0.3) is 0 Å². The number of carbonyl (C=O) groups is 2. The Balaban J connectivity index is 1.43. The van der Waals surface area contributed by atoms with Gasteiger partial charge >= 0.3 is 17.9 Å². The van der Waals surface area contributed by atoms with Gasteiger partial charge in [0, 0.05) is 25.7 Å². The van der Waals surface area contributed by atoms with E-state index in [0.29, 0.717) is 26.2 Å². The van der Waals surface area contributed by atoms with Crippen LogP contribution in [0.4, 0.5) is 8.78 Å². The van der Waals surface area contributed by atoms with E-state index in [1.807, 2.05) is 0 Å². The van der Waals surface area contributed by atoms with E-state index < -0.39 is 39.0 Å². The van der Waals surface area contributed by atoms with E-state index in [-0.39, 0.29) is 37.7 Å². The molecule has 1 heterocycles. The van der Waals surface area contributed by atoms with Gasteiger partial charge in [0.05, 0.1) is 11.9 Å². The van der Waals surface area contributed by atoms with Crippen LogP contribution in [0.15, 0.2) is 0 Å². The molecule has 0 amide bonds. The second-order valence-electron chi connectivity index (χ2n) is 7.03. The SMILES string of the molecule is CC(F)(F)C(=O)OCCCCC(=O)OC12CC3CC1C(C3)S(=O)(=O)O2. The molecule has 4 unspecified atom stereocenters. The van der Waals surface area contributed by atoms with Gasteiger partial charge in [0.15, 0.2) is 0 Å². The predicted molar refractivity (Wildman–Crippen MR) is 78.9 cm³/mol. The third kappa shape index (κ3) is 3.51. The molecule has 25 heavy (non-hydrogen) atoms. The van der Waals surface area contributed by atoms with Gasteiger partial charge in [0.1, 0.15) is 0 Å². The summed E-state index contributed by atoms with van der Waals surface area (Å²) in [6.45, 7) is 0.225. The second kappa shape index (κ2) is 6.15. The molecule has 3 aliphatic rings. The maximum atomic E-state index is 12.6. The molecule has 3 rings (SSSR count). The topological polar surface area (TPSA) is 96.0 Å². The molecule has 0 radical (unpaired) electrons. The number of halogens is 2. The van der Waals surface area contributed by atoms with Crippen molar-refractivity contribution in [2.24, 2.45) is 11.8 Å². The molecule has 142 valence electrons. The van der Waals surface area contributed by atoms with Gasteiger partial charge in [-0.1, -0.05) is 0 Å². The highest BCUT2D eigenvalue weighted by Crippen LogP contribution is 2.60. The average Bonchev–Trinajstić information content (AvgIpc) is 3.05. The number of fused-ring (bicyclic) bond motifs is 1. The van der Waals surface area contributed by atoms with E-state index in [1.54, 1.807) is 0 Å². The zero-order valence-electron chi connectivity index (χ0n) is 13.7. The summed E-state index contributed by atoms with van der Waals surface area (Å²) in [4.78, 5) is 22.9. The summed E-state index contributed by atoms with van der Waals surface area (Å²) < 4.78 is 64.1. The molecule has 0 aromatic rings. The van der Waals surface area contributed by atoms with E-state index in [2.05, 4.69) is 4.74 Å². The lowest BCUT2D eigenvalue weighted by Gasteiger charge is -2.29. The maximum absolute atomic E-state index is 12.6. The van der Waals surface area contributed by atoms with Gasteiger partial charge in [-0.05, 0) is 31.6 Å². The van der Waals surface area contributed by atoms with Crippen molar-refractivity contribution in [3.8, 4) is 0 Å². The van der Waals surface area contributed by atoms with Crippen LogP contribution in [-0.2, 0) is 33.4 Å². The molecular formula is C15H20F2O7S. The van der Waals surface area contributed by atoms with Gasteiger partial charge in [-0.3, -0.25) is 4.79 Å². The Hall–Kier alpha value is -1.29. The van der Waals surface area contributed by atoms with Gasteiger partial charge in [-0.2, -0.15) is 17.2 Å². The smallest absolute Gasteiger partial charge is 0.376 e. The lowest BCUT2D eigenvalue weighted by atomic mass is 9.93. The van der Waals surface area contributed by atoms with E-state index in [0.717, 1.165) is 0 Å². The van der Waals surface area contributed by atoms with Crippen molar-refractivity contribution in [1.29, 1.82) is 0 Å². The van der Waals surface area contributed by atoms with Crippen molar-refractivity contribution in [2.45, 2.75) is 62.4 Å². The van der Waals surface area contributed by atoms with Crippen molar-refractivity contribution in [2.75, 3.05) is 6.61 Å². The van der Waals surface area contributed by atoms with E-state index >= 15 is 0 Å². The van der Waals surface area contributed by atoms with Crippen LogP contribution in [0.5, 0.6) is 0 Å². The fourth-order valence-electron chi connectivity index (χ4n) is 4.00. The average molecular weight is 382 g/mol. The van der Waals surface area contributed by atoms with Crippen molar-refractivity contribution >= 4 is 22.1 Å². The molecule has 0 aromatic carbocycles. The highest BCUT2D eigenvalue weighted by atomic mass is 32.2. The quantitative estimate of drug-likeness (QED) is 0.376. The molecule has 0 spiro atoms. The fourth-order valence-corrected chi connectivity index (χ4v) is 5.97. The van der Waals surface area contributed by atoms with Crippen LogP contribution in [0.2, 0.25) is 0 Å². The van der Waals surface area contributed by atoms with E-state index in [1.165, 1.54) is 0 Å². The Labute approximate surface area is 144 Å². The predicted octanol–water partition coefficient (Wildman–Crippen LogP) is 1.75. The minimum absolute atomic E-state index is 0.0344. The van der Waals surface area contributed by atoms with Gasteiger partial charge in [0.2, 0.25) is 5.79 Å². The first-order valence-electron chi connectivity index (χ1n) is 8.25. The van der Waals surface area contributed by atoms with Gasteiger partial charge in [-0.25, -0.2) is 8.98 Å². The summed E-state index contributed by atoms with van der Waals surface area (Å²) in [5.41, 5.74) is 0. The Bertz CT molecular complexity index is 672.